The van der Waals surface area contributed by atoms with Crippen LogP contribution in [0.25, 0.3) is 16.7 Å². The van der Waals surface area contributed by atoms with Gasteiger partial charge in [-0.25, -0.2) is 0 Å². The zero-order valence-corrected chi connectivity index (χ0v) is 20.0. The van der Waals surface area contributed by atoms with Crippen molar-refractivity contribution in [1.29, 1.82) is 0 Å². The molecule has 1 unspecified atom stereocenters. The van der Waals surface area contributed by atoms with E-state index in [1.165, 1.54) is 0 Å². The quantitative estimate of drug-likeness (QED) is 0.349. The molecule has 0 bridgehead atoms. The van der Waals surface area contributed by atoms with Gasteiger partial charge in [0.25, 0.3) is 11.7 Å². The second kappa shape index (κ2) is 8.18. The second-order valence-electron chi connectivity index (χ2n) is 9.81. The number of aromatic nitrogens is 1. The lowest BCUT2D eigenvalue weighted by molar-refractivity contribution is -0.141. The van der Waals surface area contributed by atoms with E-state index in [1.807, 2.05) is 61.3 Å². The van der Waals surface area contributed by atoms with Gasteiger partial charge in [-0.3, -0.25) is 9.59 Å². The molecule has 1 saturated carbocycles. The molecule has 3 heterocycles. The van der Waals surface area contributed by atoms with Crippen LogP contribution < -0.4 is 9.64 Å². The van der Waals surface area contributed by atoms with Crippen LogP contribution in [-0.2, 0) is 16.6 Å². The van der Waals surface area contributed by atoms with Gasteiger partial charge in [-0.2, -0.15) is 0 Å². The number of aryl methyl sites for hydroxylation is 1. The summed E-state index contributed by atoms with van der Waals surface area (Å²) >= 11 is 0. The van der Waals surface area contributed by atoms with Crippen LogP contribution in [0.3, 0.4) is 0 Å². The van der Waals surface area contributed by atoms with Gasteiger partial charge in [0, 0.05) is 48.4 Å². The summed E-state index contributed by atoms with van der Waals surface area (Å²) in [6.45, 7) is 1.34. The molecular formula is C28H29N3O4. The first-order chi connectivity index (χ1) is 17.0. The van der Waals surface area contributed by atoms with Gasteiger partial charge in [-0.1, -0.05) is 31.0 Å². The summed E-state index contributed by atoms with van der Waals surface area (Å²) in [5.41, 5.74) is 3.42. The lowest BCUT2D eigenvalue weighted by Gasteiger charge is -2.30. The molecule has 7 heteroatoms. The predicted molar refractivity (Wildman–Crippen MR) is 135 cm³/mol. The van der Waals surface area contributed by atoms with Gasteiger partial charge in [-0.15, -0.1) is 0 Å². The number of carbonyl (C=O) groups excluding carboxylic acids is 2. The molecule has 3 aromatic rings. The zero-order valence-electron chi connectivity index (χ0n) is 20.0. The molecule has 2 aromatic carbocycles. The SMILES string of the molecule is CN1CCOc2ccc(/C(O)=C3\C(=O)C(=O)N(C4CCCC4)C3c3cn(C)c4ccccc34)cc21. The summed E-state index contributed by atoms with van der Waals surface area (Å²) < 4.78 is 7.77. The molecule has 1 aromatic heterocycles. The minimum Gasteiger partial charge on any atom is -0.507 e. The molecule has 0 spiro atoms. The van der Waals surface area contributed by atoms with Gasteiger partial charge in [0.05, 0.1) is 23.8 Å². The second-order valence-corrected chi connectivity index (χ2v) is 9.81. The molecule has 2 aliphatic heterocycles. The predicted octanol–water partition coefficient (Wildman–Crippen LogP) is 4.37. The first-order valence-corrected chi connectivity index (χ1v) is 12.3. The summed E-state index contributed by atoms with van der Waals surface area (Å²) in [6.07, 6.45) is 5.80. The Labute approximate surface area is 204 Å². The topological polar surface area (TPSA) is 75.0 Å². The lowest BCUT2D eigenvalue weighted by atomic mass is 9.94. The fourth-order valence-electron chi connectivity index (χ4n) is 5.96. The molecule has 3 aliphatic rings. The monoisotopic (exact) mass is 471 g/mol. The Morgan fingerprint density at radius 3 is 2.63 bits per heavy atom. The van der Waals surface area contributed by atoms with Crippen LogP contribution >= 0.6 is 0 Å². The number of likely N-dealkylation sites (N-methyl/N-ethyl adjacent to an activating group) is 1. The van der Waals surface area contributed by atoms with Crippen molar-refractivity contribution in [3.05, 3.63) is 65.4 Å². The van der Waals surface area contributed by atoms with Crippen molar-refractivity contribution in [2.75, 3.05) is 25.1 Å². The Balaban J connectivity index is 1.56. The maximum absolute atomic E-state index is 13.5. The van der Waals surface area contributed by atoms with E-state index in [9.17, 15) is 14.7 Å². The molecule has 6 rings (SSSR count). The van der Waals surface area contributed by atoms with Crippen molar-refractivity contribution in [2.45, 2.75) is 37.8 Å². The van der Waals surface area contributed by atoms with Gasteiger partial charge in [-0.05, 0) is 37.1 Å². The number of ether oxygens (including phenoxy) is 1. The third-order valence-electron chi connectivity index (χ3n) is 7.75. The number of rotatable bonds is 3. The molecule has 1 N–H and O–H groups in total. The van der Waals surface area contributed by atoms with Crippen molar-refractivity contribution in [2.24, 2.45) is 7.05 Å². The van der Waals surface area contributed by atoms with E-state index < -0.39 is 17.7 Å². The van der Waals surface area contributed by atoms with Crippen molar-refractivity contribution in [3.63, 3.8) is 0 Å². The number of para-hydroxylation sites is 1. The molecule has 1 atom stereocenters. The van der Waals surface area contributed by atoms with E-state index in [4.69, 9.17) is 4.74 Å². The maximum Gasteiger partial charge on any atom is 0.295 e. The molecule has 180 valence electrons. The van der Waals surface area contributed by atoms with Crippen LogP contribution in [-0.4, -0.2) is 52.5 Å². The third-order valence-corrected chi connectivity index (χ3v) is 7.75. The highest BCUT2D eigenvalue weighted by atomic mass is 16.5. The van der Waals surface area contributed by atoms with Crippen LogP contribution in [0.1, 0.15) is 42.9 Å². The van der Waals surface area contributed by atoms with E-state index in [1.54, 1.807) is 11.0 Å². The Morgan fingerprint density at radius 1 is 1.06 bits per heavy atom. The molecule has 7 nitrogen and oxygen atoms in total. The van der Waals surface area contributed by atoms with E-state index in [-0.39, 0.29) is 17.4 Å². The lowest BCUT2D eigenvalue weighted by Crippen LogP contribution is -2.37. The molecule has 1 amide bonds. The number of hydrogen-bond donors (Lipinski definition) is 1. The smallest absolute Gasteiger partial charge is 0.295 e. The highest BCUT2D eigenvalue weighted by molar-refractivity contribution is 6.46. The first-order valence-electron chi connectivity index (χ1n) is 12.3. The number of Topliss-reactive ketones (excluding diaryl/α,β-unsaturated/α-hetero) is 1. The number of anilines is 1. The van der Waals surface area contributed by atoms with E-state index in [2.05, 4.69) is 4.90 Å². The van der Waals surface area contributed by atoms with Crippen LogP contribution in [0.4, 0.5) is 5.69 Å². The minimum atomic E-state index is -0.630. The average Bonchev–Trinajstić information content (AvgIpc) is 3.57. The van der Waals surface area contributed by atoms with Crippen LogP contribution in [0, 0.1) is 0 Å². The summed E-state index contributed by atoms with van der Waals surface area (Å²) in [5, 5.41) is 12.6. The normalized spacial score (nSPS) is 22.2. The Hall–Kier alpha value is -3.74. The van der Waals surface area contributed by atoms with Crippen LogP contribution in [0.2, 0.25) is 0 Å². The van der Waals surface area contributed by atoms with Gasteiger partial charge in [0.2, 0.25) is 0 Å². The van der Waals surface area contributed by atoms with Crippen LogP contribution in [0.15, 0.2) is 54.2 Å². The molecule has 35 heavy (non-hydrogen) atoms. The number of likely N-dealkylation sites (tertiary alicyclic amines) is 1. The highest BCUT2D eigenvalue weighted by Crippen LogP contribution is 2.46. The standard InChI is InChI=1S/C28H29N3O4/c1-29-13-14-35-23-12-11-17(15-22(23)29)26(32)24-25(20-16-30(2)21-10-6-5-9-19(20)21)31(28(34)27(24)33)18-7-3-4-8-18/h5-6,9-12,15-16,18,25,32H,3-4,7-8,13-14H2,1-2H3/b26-24+. The Kier molecular flexibility index (Phi) is 5.09. The number of ketones is 1. The summed E-state index contributed by atoms with van der Waals surface area (Å²) in [7, 11) is 3.94. The molecular weight excluding hydrogens is 442 g/mol. The number of benzene rings is 2. The largest absolute Gasteiger partial charge is 0.507 e. The van der Waals surface area contributed by atoms with E-state index in [0.29, 0.717) is 12.2 Å². The van der Waals surface area contributed by atoms with Crippen molar-refractivity contribution in [3.8, 4) is 5.75 Å². The van der Waals surface area contributed by atoms with Crippen molar-refractivity contribution < 1.29 is 19.4 Å². The zero-order chi connectivity index (χ0) is 24.3. The first kappa shape index (κ1) is 21.8. The molecule has 2 fully saturated rings. The van der Waals surface area contributed by atoms with Gasteiger partial charge in [0.1, 0.15) is 18.1 Å². The highest BCUT2D eigenvalue weighted by Gasteiger charge is 2.50. The summed E-state index contributed by atoms with van der Waals surface area (Å²) in [4.78, 5) is 30.8. The Morgan fingerprint density at radius 2 is 1.83 bits per heavy atom. The third kappa shape index (κ3) is 3.32. The fourth-order valence-corrected chi connectivity index (χ4v) is 5.96. The molecule has 1 saturated heterocycles. The minimum absolute atomic E-state index is 0.0104. The average molecular weight is 472 g/mol. The fraction of sp³-hybridized carbons (Fsp3) is 0.357. The number of amides is 1. The molecule has 1 aliphatic carbocycles. The Bertz CT molecular complexity index is 1380. The summed E-state index contributed by atoms with van der Waals surface area (Å²) in [6, 6.07) is 12.8. The van der Waals surface area contributed by atoms with E-state index >= 15 is 0 Å². The van der Waals surface area contributed by atoms with Crippen LogP contribution in [0.5, 0.6) is 5.75 Å². The maximum atomic E-state index is 13.5. The van der Waals surface area contributed by atoms with Gasteiger partial charge in [0.15, 0.2) is 0 Å². The van der Waals surface area contributed by atoms with E-state index in [0.717, 1.165) is 60.1 Å². The number of hydrogen-bond acceptors (Lipinski definition) is 5. The van der Waals surface area contributed by atoms with Gasteiger partial charge >= 0.3 is 0 Å². The number of aliphatic hydroxyl groups excluding tert-OH is 1. The number of carbonyl (C=O) groups is 2. The number of aliphatic hydroxyl groups is 1. The van der Waals surface area contributed by atoms with Crippen molar-refractivity contribution >= 4 is 34.0 Å². The number of nitrogens with zero attached hydrogens (tertiary/aromatic N) is 3. The number of fused-ring (bicyclic) bond motifs is 2. The molecule has 0 radical (unpaired) electrons. The van der Waals surface area contributed by atoms with Gasteiger partial charge < -0.3 is 24.2 Å². The van der Waals surface area contributed by atoms with Crippen molar-refractivity contribution in [1.82, 2.24) is 9.47 Å². The summed E-state index contributed by atoms with van der Waals surface area (Å²) in [5.74, 6) is -0.527.